The van der Waals surface area contributed by atoms with E-state index in [0.717, 1.165) is 6.16 Å². The Morgan fingerprint density at radius 1 is 0.647 bits per heavy atom. The lowest BCUT2D eigenvalue weighted by atomic mass is 9.85. The third kappa shape index (κ3) is 4.53. The van der Waals surface area contributed by atoms with Gasteiger partial charge in [0.15, 0.2) is 0 Å². The van der Waals surface area contributed by atoms with Crippen molar-refractivity contribution in [1.29, 1.82) is 0 Å². The van der Waals surface area contributed by atoms with Crippen molar-refractivity contribution in [1.82, 2.24) is 4.90 Å². The van der Waals surface area contributed by atoms with Gasteiger partial charge >= 0.3 is 0 Å². The predicted octanol–water partition coefficient (Wildman–Crippen LogP) is 0.111. The van der Waals surface area contributed by atoms with E-state index >= 15 is 0 Å². The number of halogens is 1. The van der Waals surface area contributed by atoms with Crippen LogP contribution in [-0.4, -0.2) is 34.9 Å². The summed E-state index contributed by atoms with van der Waals surface area (Å²) >= 11 is 0. The summed E-state index contributed by atoms with van der Waals surface area (Å²) in [4.78, 5) is 27.9. The monoisotopic (exact) mass is 537 g/mol. The first kappa shape index (κ1) is 26.0. The molecule has 34 heavy (non-hydrogen) atoms. The molecular weight excluding hydrogens is 509 g/mol. The zero-order valence-corrected chi connectivity index (χ0v) is 21.4. The molecule has 1 fully saturated rings. The summed E-state index contributed by atoms with van der Waals surface area (Å²) in [5.41, 5.74) is 0. The molecule has 6 heteroatoms. The minimum atomic E-state index is -2.06. The fourth-order valence-corrected chi connectivity index (χ4v) is 9.43. The van der Waals surface area contributed by atoms with Gasteiger partial charge in [0.05, 0.1) is 24.5 Å². The van der Waals surface area contributed by atoms with Crippen LogP contribution < -0.4 is 32.9 Å². The van der Waals surface area contributed by atoms with Crippen LogP contribution in [0.1, 0.15) is 12.8 Å². The molecule has 0 saturated carbocycles. The Kier molecular flexibility index (Phi) is 8.59. The van der Waals surface area contributed by atoms with Crippen LogP contribution in [0.5, 0.6) is 0 Å². The van der Waals surface area contributed by atoms with E-state index in [9.17, 15) is 9.59 Å². The smallest absolute Gasteiger partial charge is 0.233 e. The van der Waals surface area contributed by atoms with Crippen LogP contribution in [0, 0.1) is 11.8 Å². The van der Waals surface area contributed by atoms with Crippen molar-refractivity contribution in [2.45, 2.75) is 12.8 Å². The highest BCUT2D eigenvalue weighted by Crippen LogP contribution is 2.55. The number of likely N-dealkylation sites (tertiary alicyclic amines) is 1. The molecule has 2 unspecified atom stereocenters. The normalized spacial score (nSPS) is 19.2. The van der Waals surface area contributed by atoms with Gasteiger partial charge in [-0.05, 0) is 49.2 Å². The SMILES string of the molecule is O.O=C1C2CC=CCC2C(=O)N1CC[P+](c1ccccc1)(c1ccccc1)c1ccccc1.[Br-]. The van der Waals surface area contributed by atoms with E-state index in [-0.39, 0.29) is 46.1 Å². The molecule has 1 aliphatic carbocycles. The second-order valence-corrected chi connectivity index (χ2v) is 12.1. The van der Waals surface area contributed by atoms with Gasteiger partial charge in [-0.15, -0.1) is 0 Å². The highest BCUT2D eigenvalue weighted by molar-refractivity contribution is 7.95. The molecule has 2 amide bonds. The van der Waals surface area contributed by atoms with Crippen molar-refractivity contribution in [3.05, 3.63) is 103 Å². The summed E-state index contributed by atoms with van der Waals surface area (Å²) in [7, 11) is -2.06. The number of benzene rings is 3. The molecule has 0 aromatic heterocycles. The number of fused-ring (bicyclic) bond motifs is 1. The fraction of sp³-hybridized carbons (Fsp3) is 0.214. The zero-order chi connectivity index (χ0) is 22.0. The van der Waals surface area contributed by atoms with Crippen molar-refractivity contribution in [3.63, 3.8) is 0 Å². The van der Waals surface area contributed by atoms with Gasteiger partial charge in [0.25, 0.3) is 0 Å². The number of carbonyl (C=O) groups is 2. The van der Waals surface area contributed by atoms with Gasteiger partial charge in [0, 0.05) is 0 Å². The summed E-state index contributed by atoms with van der Waals surface area (Å²) in [5.74, 6) is -0.330. The highest BCUT2D eigenvalue weighted by Gasteiger charge is 2.50. The molecule has 5 rings (SSSR count). The molecule has 1 heterocycles. The van der Waals surface area contributed by atoms with Crippen LogP contribution in [0.15, 0.2) is 103 Å². The first-order valence-corrected chi connectivity index (χ1v) is 13.2. The molecule has 1 aliphatic heterocycles. The molecule has 0 spiro atoms. The van der Waals surface area contributed by atoms with Gasteiger partial charge in [0.1, 0.15) is 23.2 Å². The van der Waals surface area contributed by atoms with E-state index in [4.69, 9.17) is 0 Å². The molecule has 2 N–H and O–H groups in total. The third-order valence-electron chi connectivity index (χ3n) is 6.85. The van der Waals surface area contributed by atoms with Crippen LogP contribution in [0.25, 0.3) is 0 Å². The number of imide groups is 1. The summed E-state index contributed by atoms with van der Waals surface area (Å²) in [5, 5.41) is 3.82. The predicted molar refractivity (Wildman–Crippen MR) is 136 cm³/mol. The maximum Gasteiger partial charge on any atom is 0.233 e. The summed E-state index contributed by atoms with van der Waals surface area (Å²) in [6.45, 7) is 0.455. The van der Waals surface area contributed by atoms with E-state index in [1.54, 1.807) is 4.90 Å². The van der Waals surface area contributed by atoms with E-state index in [1.165, 1.54) is 15.9 Å². The average Bonchev–Trinajstić information content (AvgIpc) is 3.11. The zero-order valence-electron chi connectivity index (χ0n) is 18.9. The van der Waals surface area contributed by atoms with Gasteiger partial charge < -0.3 is 22.5 Å². The molecule has 176 valence electrons. The Hall–Kier alpha value is -2.59. The van der Waals surface area contributed by atoms with Gasteiger partial charge in [-0.25, -0.2) is 0 Å². The van der Waals surface area contributed by atoms with E-state index < -0.39 is 7.26 Å². The average molecular weight is 538 g/mol. The number of amides is 2. The molecule has 2 aliphatic rings. The topological polar surface area (TPSA) is 68.9 Å². The Bertz CT molecular complexity index is 1020. The number of hydrogen-bond acceptors (Lipinski definition) is 2. The first-order chi connectivity index (χ1) is 15.7. The second kappa shape index (κ2) is 11.2. The maximum atomic E-state index is 13.2. The molecule has 4 nitrogen and oxygen atoms in total. The van der Waals surface area contributed by atoms with Gasteiger partial charge in [-0.1, -0.05) is 66.7 Å². The number of rotatable bonds is 6. The maximum absolute atomic E-state index is 13.2. The molecular formula is C28H29BrNO3P. The fourth-order valence-electron chi connectivity index (χ4n) is 5.22. The van der Waals surface area contributed by atoms with Gasteiger partial charge in [0.2, 0.25) is 11.8 Å². The van der Waals surface area contributed by atoms with Crippen molar-refractivity contribution in [3.8, 4) is 0 Å². The third-order valence-corrected chi connectivity index (χ3v) is 11.3. The number of hydrogen-bond donors (Lipinski definition) is 0. The van der Waals surface area contributed by atoms with Crippen molar-refractivity contribution >= 4 is 35.0 Å². The first-order valence-electron chi connectivity index (χ1n) is 11.3. The number of allylic oxidation sites excluding steroid dienone is 2. The Labute approximate surface area is 212 Å². The van der Waals surface area contributed by atoms with E-state index in [0.29, 0.717) is 19.4 Å². The van der Waals surface area contributed by atoms with Crippen LogP contribution in [0.2, 0.25) is 0 Å². The lowest BCUT2D eigenvalue weighted by Gasteiger charge is -2.29. The summed E-state index contributed by atoms with van der Waals surface area (Å²) < 4.78 is 0. The number of nitrogens with zero attached hydrogens (tertiary/aromatic N) is 1. The molecule has 3 aromatic rings. The molecule has 0 bridgehead atoms. The quantitative estimate of drug-likeness (QED) is 0.254. The van der Waals surface area contributed by atoms with E-state index in [1.807, 2.05) is 30.4 Å². The second-order valence-electron chi connectivity index (χ2n) is 8.52. The summed E-state index contributed by atoms with van der Waals surface area (Å²) in [6, 6.07) is 31.8. The van der Waals surface area contributed by atoms with Crippen LogP contribution in [0.3, 0.4) is 0 Å². The van der Waals surface area contributed by atoms with Crippen molar-refractivity contribution < 1.29 is 32.0 Å². The Morgan fingerprint density at radius 3 is 1.35 bits per heavy atom. The van der Waals surface area contributed by atoms with Gasteiger partial charge in [-0.2, -0.15) is 0 Å². The van der Waals surface area contributed by atoms with Gasteiger partial charge in [-0.3, -0.25) is 14.5 Å². The van der Waals surface area contributed by atoms with Crippen LogP contribution in [-0.2, 0) is 9.59 Å². The minimum Gasteiger partial charge on any atom is -1.00 e. The molecule has 0 radical (unpaired) electrons. The van der Waals surface area contributed by atoms with Crippen molar-refractivity contribution in [2.75, 3.05) is 12.7 Å². The lowest BCUT2D eigenvalue weighted by molar-refractivity contribution is -0.139. The van der Waals surface area contributed by atoms with Crippen LogP contribution in [0.4, 0.5) is 0 Å². The number of carbonyl (C=O) groups excluding carboxylic acids is 2. The highest BCUT2D eigenvalue weighted by atomic mass is 79.9. The van der Waals surface area contributed by atoms with E-state index in [2.05, 4.69) is 72.8 Å². The molecule has 2 atom stereocenters. The van der Waals surface area contributed by atoms with Crippen molar-refractivity contribution in [2.24, 2.45) is 11.8 Å². The lowest BCUT2D eigenvalue weighted by Crippen LogP contribution is -3.00. The van der Waals surface area contributed by atoms with Crippen LogP contribution >= 0.6 is 7.26 Å². The molecule has 1 saturated heterocycles. The minimum absolute atomic E-state index is 0. The Morgan fingerprint density at radius 2 is 1.00 bits per heavy atom. The standard InChI is InChI=1S/C28H27NO2P.BrH.H2O/c30-27-25-18-10-11-19-26(25)28(31)29(27)20-21-32(22-12-4-1-5-13-22,23-14-6-2-7-15-23)24-16-8-3-9-17-24;;/h1-17,25-26H,18-21H2;1H;1H2/q+1;;/p-1. The summed E-state index contributed by atoms with van der Waals surface area (Å²) in [6.07, 6.45) is 6.20. The Balaban J connectivity index is 0.00000162. The largest absolute Gasteiger partial charge is 1.00 e. The molecule has 3 aromatic carbocycles.